The lowest BCUT2D eigenvalue weighted by atomic mass is 9.76. The first kappa shape index (κ1) is 20.6. The van der Waals surface area contributed by atoms with Crippen molar-refractivity contribution in [2.75, 3.05) is 20.2 Å². The Labute approximate surface area is 176 Å². The van der Waals surface area contributed by atoms with E-state index in [9.17, 15) is 14.7 Å². The Morgan fingerprint density at radius 2 is 2.03 bits per heavy atom. The van der Waals surface area contributed by atoms with E-state index < -0.39 is 12.1 Å². The van der Waals surface area contributed by atoms with Crippen LogP contribution in [0.4, 0.5) is 0 Å². The number of aromatic nitrogens is 1. The molecule has 1 saturated heterocycles. The second kappa shape index (κ2) is 8.24. The summed E-state index contributed by atoms with van der Waals surface area (Å²) in [4.78, 5) is 27.5. The molecular formula is C23H29N3O4. The van der Waals surface area contributed by atoms with Gasteiger partial charge in [0, 0.05) is 36.8 Å². The van der Waals surface area contributed by atoms with E-state index in [2.05, 4.69) is 0 Å². The van der Waals surface area contributed by atoms with Crippen LogP contribution in [-0.4, -0.2) is 52.8 Å². The molecule has 0 aliphatic carbocycles. The van der Waals surface area contributed by atoms with Gasteiger partial charge in [0.05, 0.1) is 13.2 Å². The standard InChI is InChI=1S/C23H29N3O4/c1-14(27)22(24)23(29)25-12-16-11-17(13-25)20(26-19(16)7-4-8-21(26)28)10-15-5-3-6-18(9-15)30-2/h3-9,14,16-17,20,22,27H,10-13,24H2,1-2H3/t14-,16-,17+,20+,22+/m1/s1. The molecule has 160 valence electrons. The number of hydrogen-bond donors (Lipinski definition) is 2. The first-order valence-corrected chi connectivity index (χ1v) is 10.5. The number of likely N-dealkylation sites (tertiary alicyclic amines) is 1. The van der Waals surface area contributed by atoms with Crippen molar-refractivity contribution in [3.05, 3.63) is 64.1 Å². The topological polar surface area (TPSA) is 97.8 Å². The lowest BCUT2D eigenvalue weighted by molar-refractivity contribution is -0.138. The first-order chi connectivity index (χ1) is 14.4. The lowest BCUT2D eigenvalue weighted by Gasteiger charge is -2.47. The summed E-state index contributed by atoms with van der Waals surface area (Å²) < 4.78 is 7.28. The minimum Gasteiger partial charge on any atom is -0.497 e. The van der Waals surface area contributed by atoms with Gasteiger partial charge in [-0.15, -0.1) is 0 Å². The third-order valence-corrected chi connectivity index (χ3v) is 6.49. The van der Waals surface area contributed by atoms with Crippen LogP contribution in [0.25, 0.3) is 0 Å². The number of aliphatic hydroxyl groups excluding tert-OH is 1. The van der Waals surface area contributed by atoms with Crippen LogP contribution in [0.5, 0.6) is 5.75 Å². The fraction of sp³-hybridized carbons (Fsp3) is 0.478. The Kier molecular flexibility index (Phi) is 5.66. The van der Waals surface area contributed by atoms with Crippen molar-refractivity contribution >= 4 is 5.91 Å². The lowest BCUT2D eigenvalue weighted by Crippen LogP contribution is -2.56. The zero-order valence-electron chi connectivity index (χ0n) is 17.4. The van der Waals surface area contributed by atoms with Crippen molar-refractivity contribution < 1.29 is 14.6 Å². The summed E-state index contributed by atoms with van der Waals surface area (Å²) in [5, 5.41) is 9.79. The maximum absolute atomic E-state index is 12.9. The molecular weight excluding hydrogens is 382 g/mol. The number of aliphatic hydroxyl groups is 1. The molecule has 0 saturated carbocycles. The van der Waals surface area contributed by atoms with E-state index in [1.54, 1.807) is 24.1 Å². The number of carbonyl (C=O) groups excluding carboxylic acids is 1. The van der Waals surface area contributed by atoms with E-state index in [0.29, 0.717) is 19.5 Å². The summed E-state index contributed by atoms with van der Waals surface area (Å²) in [6, 6.07) is 12.3. The summed E-state index contributed by atoms with van der Waals surface area (Å²) in [7, 11) is 1.64. The molecule has 2 aliphatic rings. The smallest absolute Gasteiger partial charge is 0.251 e. The molecule has 0 spiro atoms. The van der Waals surface area contributed by atoms with Crippen LogP contribution in [0.2, 0.25) is 0 Å². The molecule has 7 heteroatoms. The van der Waals surface area contributed by atoms with Crippen molar-refractivity contribution in [1.82, 2.24) is 9.47 Å². The quantitative estimate of drug-likeness (QED) is 0.773. The molecule has 30 heavy (non-hydrogen) atoms. The molecule has 7 nitrogen and oxygen atoms in total. The Morgan fingerprint density at radius 1 is 1.27 bits per heavy atom. The third-order valence-electron chi connectivity index (χ3n) is 6.49. The Bertz CT molecular complexity index is 986. The molecule has 1 fully saturated rings. The van der Waals surface area contributed by atoms with E-state index in [1.807, 2.05) is 34.9 Å². The number of rotatable bonds is 5. The van der Waals surface area contributed by atoms with Gasteiger partial charge in [0.15, 0.2) is 0 Å². The molecule has 2 bridgehead atoms. The molecule has 0 radical (unpaired) electrons. The van der Waals surface area contributed by atoms with Gasteiger partial charge in [0.2, 0.25) is 5.91 Å². The summed E-state index contributed by atoms with van der Waals surface area (Å²) in [6.07, 6.45) is 0.698. The monoisotopic (exact) mass is 411 g/mol. The Balaban J connectivity index is 1.70. The number of nitrogens with zero attached hydrogens (tertiary/aromatic N) is 2. The number of ether oxygens (including phenoxy) is 1. The SMILES string of the molecule is COc1cccc(C[C@H]2[C@H]3C[C@H](CN(C(=O)[C@@H](N)[C@@H](C)O)C3)c3cccc(=O)n32)c1. The molecule has 4 rings (SSSR count). The van der Waals surface area contributed by atoms with Crippen molar-refractivity contribution in [1.29, 1.82) is 0 Å². The van der Waals surface area contributed by atoms with Gasteiger partial charge in [-0.05, 0) is 49.4 Å². The fourth-order valence-corrected chi connectivity index (χ4v) is 4.94. The van der Waals surface area contributed by atoms with E-state index in [-0.39, 0.29) is 29.3 Å². The van der Waals surface area contributed by atoms with Gasteiger partial charge in [-0.3, -0.25) is 9.59 Å². The molecule has 3 N–H and O–H groups in total. The second-order valence-electron chi connectivity index (χ2n) is 8.48. The van der Waals surface area contributed by atoms with Gasteiger partial charge in [-0.2, -0.15) is 0 Å². The van der Waals surface area contributed by atoms with E-state index in [0.717, 1.165) is 23.4 Å². The van der Waals surface area contributed by atoms with Crippen LogP contribution >= 0.6 is 0 Å². The predicted molar refractivity (Wildman–Crippen MR) is 114 cm³/mol. The van der Waals surface area contributed by atoms with Crippen molar-refractivity contribution in [2.45, 2.75) is 43.9 Å². The minimum absolute atomic E-state index is 0.00412. The summed E-state index contributed by atoms with van der Waals surface area (Å²) in [6.45, 7) is 2.59. The normalized spacial score (nSPS) is 24.7. The van der Waals surface area contributed by atoms with Gasteiger partial charge in [0.25, 0.3) is 5.56 Å². The Morgan fingerprint density at radius 3 is 2.77 bits per heavy atom. The van der Waals surface area contributed by atoms with Crippen LogP contribution in [0.1, 0.15) is 36.6 Å². The van der Waals surface area contributed by atoms with Crippen molar-refractivity contribution in [3.8, 4) is 5.75 Å². The van der Waals surface area contributed by atoms with Gasteiger partial charge >= 0.3 is 0 Å². The highest BCUT2D eigenvalue weighted by atomic mass is 16.5. The highest BCUT2D eigenvalue weighted by molar-refractivity contribution is 5.82. The number of methoxy groups -OCH3 is 1. The highest BCUT2D eigenvalue weighted by Crippen LogP contribution is 2.42. The molecule has 1 aromatic carbocycles. The van der Waals surface area contributed by atoms with Crippen molar-refractivity contribution in [3.63, 3.8) is 0 Å². The van der Waals surface area contributed by atoms with Gasteiger partial charge in [0.1, 0.15) is 11.8 Å². The molecule has 1 aromatic heterocycles. The second-order valence-corrected chi connectivity index (χ2v) is 8.48. The van der Waals surface area contributed by atoms with Gasteiger partial charge in [-0.1, -0.05) is 18.2 Å². The van der Waals surface area contributed by atoms with Crippen LogP contribution in [0.15, 0.2) is 47.3 Å². The first-order valence-electron chi connectivity index (χ1n) is 10.5. The predicted octanol–water partition coefficient (Wildman–Crippen LogP) is 1.29. The number of amides is 1. The minimum atomic E-state index is -0.932. The maximum Gasteiger partial charge on any atom is 0.251 e. The maximum atomic E-state index is 12.9. The third kappa shape index (κ3) is 3.75. The highest BCUT2D eigenvalue weighted by Gasteiger charge is 2.42. The van der Waals surface area contributed by atoms with Crippen LogP contribution in [0.3, 0.4) is 0 Å². The van der Waals surface area contributed by atoms with E-state index in [1.165, 1.54) is 6.92 Å². The molecule has 5 atom stereocenters. The van der Waals surface area contributed by atoms with Crippen LogP contribution in [0, 0.1) is 5.92 Å². The van der Waals surface area contributed by atoms with Gasteiger partial charge in [-0.25, -0.2) is 0 Å². The molecule has 3 heterocycles. The number of carbonyl (C=O) groups is 1. The van der Waals surface area contributed by atoms with Crippen LogP contribution < -0.4 is 16.0 Å². The number of piperidine rings is 1. The fourth-order valence-electron chi connectivity index (χ4n) is 4.94. The van der Waals surface area contributed by atoms with E-state index >= 15 is 0 Å². The molecule has 1 amide bonds. The largest absolute Gasteiger partial charge is 0.497 e. The number of nitrogens with two attached hydrogens (primary N) is 1. The Hall–Kier alpha value is -2.64. The number of pyridine rings is 1. The number of hydrogen-bond acceptors (Lipinski definition) is 5. The van der Waals surface area contributed by atoms with Gasteiger partial charge < -0.3 is 25.0 Å². The number of fused-ring (bicyclic) bond motifs is 4. The zero-order valence-corrected chi connectivity index (χ0v) is 17.4. The average molecular weight is 412 g/mol. The summed E-state index contributed by atoms with van der Waals surface area (Å²) in [5.41, 5.74) is 7.99. The van der Waals surface area contributed by atoms with Crippen molar-refractivity contribution in [2.24, 2.45) is 11.7 Å². The number of benzene rings is 1. The van der Waals surface area contributed by atoms with Crippen LogP contribution in [-0.2, 0) is 11.2 Å². The summed E-state index contributed by atoms with van der Waals surface area (Å²) in [5.74, 6) is 0.772. The zero-order chi connectivity index (χ0) is 21.4. The summed E-state index contributed by atoms with van der Waals surface area (Å²) >= 11 is 0. The average Bonchev–Trinajstić information content (AvgIpc) is 2.75. The van der Waals surface area contributed by atoms with E-state index in [4.69, 9.17) is 10.5 Å². The molecule has 0 unspecified atom stereocenters. The molecule has 2 aliphatic heterocycles. The molecule has 2 aromatic rings.